The van der Waals surface area contributed by atoms with E-state index in [4.69, 9.17) is 18.4 Å². The van der Waals surface area contributed by atoms with Crippen LogP contribution in [-0.4, -0.2) is 54.3 Å². The largest absolute Gasteiger partial charge is 0.478 e. The highest BCUT2D eigenvalue weighted by atomic mass is 28.4. The predicted octanol–water partition coefficient (Wildman–Crippen LogP) is 11.6. The van der Waals surface area contributed by atoms with E-state index < -0.39 is 30.9 Å². The Labute approximate surface area is 281 Å². The Morgan fingerprint density at radius 3 is 1.56 bits per heavy atom. The SMILES string of the molecule is CC(=C\C=C\C(C)=C\C(O[Si](C)(C)C(C)(C)C)C(CC(C)O[Si](C)(C)C(C)(C)C)O[Si](C)(C)C(C)(C)C)/C=C(C)/C=C/C(=O)O. The Hall–Kier alpha value is -1.30. The molecule has 0 amide bonds. The number of allylic oxidation sites excluding steroid dienone is 8. The Morgan fingerprint density at radius 1 is 0.667 bits per heavy atom. The maximum atomic E-state index is 10.8. The first-order chi connectivity index (χ1) is 19.9. The van der Waals surface area contributed by atoms with Crippen LogP contribution in [0, 0.1) is 0 Å². The third kappa shape index (κ3) is 15.4. The van der Waals surface area contributed by atoms with E-state index in [2.05, 4.69) is 128 Å². The molecule has 8 heteroatoms. The number of carbonyl (C=O) groups is 1. The molecule has 1 N–H and O–H groups in total. The molecule has 5 nitrogen and oxygen atoms in total. The van der Waals surface area contributed by atoms with Crippen molar-refractivity contribution in [3.63, 3.8) is 0 Å². The summed E-state index contributed by atoms with van der Waals surface area (Å²) in [4.78, 5) is 10.8. The Morgan fingerprint density at radius 2 is 1.11 bits per heavy atom. The van der Waals surface area contributed by atoms with Gasteiger partial charge in [0.15, 0.2) is 25.0 Å². The Bertz CT molecular complexity index is 1120. The molecule has 0 aliphatic rings. The number of carboxylic acid groups (broad SMARTS) is 1. The molecule has 3 unspecified atom stereocenters. The molecule has 0 heterocycles. The van der Waals surface area contributed by atoms with Crippen molar-refractivity contribution in [2.75, 3.05) is 0 Å². The van der Waals surface area contributed by atoms with Crippen LogP contribution >= 0.6 is 0 Å². The highest BCUT2D eigenvalue weighted by molar-refractivity contribution is 6.75. The summed E-state index contributed by atoms with van der Waals surface area (Å²) in [5, 5.41) is 9.12. The number of aliphatic carboxylic acids is 1. The van der Waals surface area contributed by atoms with Gasteiger partial charge in [0.1, 0.15) is 0 Å². The lowest BCUT2D eigenvalue weighted by atomic mass is 10.0. The topological polar surface area (TPSA) is 65.0 Å². The normalized spacial score (nSPS) is 17.7. The quantitative estimate of drug-likeness (QED) is 0.106. The van der Waals surface area contributed by atoms with Crippen LogP contribution in [0.25, 0.3) is 0 Å². The second kappa shape index (κ2) is 16.7. The molecule has 0 aromatic carbocycles. The Kier molecular flexibility index (Phi) is 16.2. The van der Waals surface area contributed by atoms with Crippen molar-refractivity contribution in [1.82, 2.24) is 0 Å². The van der Waals surface area contributed by atoms with Crippen molar-refractivity contribution in [3.8, 4) is 0 Å². The molecular weight excluding hydrogens is 609 g/mol. The molecule has 0 aliphatic heterocycles. The van der Waals surface area contributed by atoms with E-state index in [0.717, 1.165) is 29.2 Å². The lowest BCUT2D eigenvalue weighted by Gasteiger charge is -2.46. The maximum absolute atomic E-state index is 10.8. The molecule has 0 spiro atoms. The molecule has 0 fully saturated rings. The van der Waals surface area contributed by atoms with E-state index in [1.54, 1.807) is 6.08 Å². The number of rotatable bonds is 15. The molecule has 0 aliphatic carbocycles. The molecular formula is C37H70O5Si3. The van der Waals surface area contributed by atoms with Gasteiger partial charge < -0.3 is 18.4 Å². The molecule has 3 atom stereocenters. The van der Waals surface area contributed by atoms with Crippen LogP contribution in [0.3, 0.4) is 0 Å². The molecule has 0 radical (unpaired) electrons. The fraction of sp³-hybridized carbons (Fsp3) is 0.703. The van der Waals surface area contributed by atoms with Crippen LogP contribution in [0.4, 0.5) is 0 Å². The van der Waals surface area contributed by atoms with Crippen molar-refractivity contribution in [2.45, 2.75) is 169 Å². The van der Waals surface area contributed by atoms with Crippen LogP contribution in [-0.2, 0) is 18.1 Å². The summed E-state index contributed by atoms with van der Waals surface area (Å²) in [5.41, 5.74) is 3.03. The summed E-state index contributed by atoms with van der Waals surface area (Å²) < 4.78 is 21.4. The van der Waals surface area contributed by atoms with Crippen molar-refractivity contribution in [3.05, 3.63) is 59.3 Å². The van der Waals surface area contributed by atoms with E-state index >= 15 is 0 Å². The lowest BCUT2D eigenvalue weighted by Crippen LogP contribution is -2.52. The van der Waals surface area contributed by atoms with Crippen LogP contribution in [0.2, 0.25) is 54.4 Å². The Balaban J connectivity index is 6.79. The minimum atomic E-state index is -2.16. The van der Waals surface area contributed by atoms with Gasteiger partial charge in [-0.3, -0.25) is 0 Å². The minimum absolute atomic E-state index is 0.0335. The monoisotopic (exact) mass is 678 g/mol. The van der Waals surface area contributed by atoms with Gasteiger partial charge in [-0.05, 0) is 88.5 Å². The molecule has 0 aromatic rings. The smallest absolute Gasteiger partial charge is 0.328 e. The first-order valence-corrected chi connectivity index (χ1v) is 25.3. The number of hydrogen-bond donors (Lipinski definition) is 1. The van der Waals surface area contributed by atoms with Crippen LogP contribution in [0.5, 0.6) is 0 Å². The van der Waals surface area contributed by atoms with Crippen molar-refractivity contribution in [2.24, 2.45) is 0 Å². The molecule has 0 aromatic heterocycles. The summed E-state index contributed by atoms with van der Waals surface area (Å²) in [6.07, 6.45) is 13.6. The first-order valence-electron chi connectivity index (χ1n) is 16.6. The zero-order chi connectivity index (χ0) is 35.8. The van der Waals surface area contributed by atoms with Gasteiger partial charge in [0.25, 0.3) is 0 Å². The zero-order valence-electron chi connectivity index (χ0n) is 32.6. The molecule has 0 bridgehead atoms. The van der Waals surface area contributed by atoms with Crippen LogP contribution in [0.1, 0.15) is 96.4 Å². The highest BCUT2D eigenvalue weighted by Gasteiger charge is 2.45. The lowest BCUT2D eigenvalue weighted by molar-refractivity contribution is -0.131. The zero-order valence-corrected chi connectivity index (χ0v) is 35.6. The van der Waals surface area contributed by atoms with Crippen molar-refractivity contribution in [1.29, 1.82) is 0 Å². The van der Waals surface area contributed by atoms with Crippen molar-refractivity contribution >= 4 is 30.9 Å². The molecule has 260 valence electrons. The van der Waals surface area contributed by atoms with Gasteiger partial charge in [-0.25, -0.2) is 4.79 Å². The summed E-state index contributed by atoms with van der Waals surface area (Å²) in [7, 11) is -6.29. The third-order valence-electron chi connectivity index (χ3n) is 9.81. The fourth-order valence-electron chi connectivity index (χ4n) is 3.92. The van der Waals surface area contributed by atoms with Crippen LogP contribution < -0.4 is 0 Å². The van der Waals surface area contributed by atoms with E-state index in [9.17, 15) is 4.79 Å². The summed E-state index contributed by atoms with van der Waals surface area (Å²) in [5.74, 6) is -0.948. The molecule has 0 saturated carbocycles. The van der Waals surface area contributed by atoms with Gasteiger partial charge in [0.2, 0.25) is 0 Å². The summed E-state index contributed by atoms with van der Waals surface area (Å²) in [6.45, 7) is 42.8. The standard InChI is InChI=1S/C37H70O5Si3/c1-28(25-30(3)23-24-34(38)39)21-20-22-29(2)26-32(41-44(16,17)36(8,9)10)33(42-45(18,19)37(11,12)13)27-31(4)40-43(14,15)35(5,6)7/h20-26,31-33H,27H2,1-19H3,(H,38,39)/b22-20+,24-23+,28-21+,29-26+,30-25+. The van der Waals surface area contributed by atoms with Gasteiger partial charge >= 0.3 is 5.97 Å². The molecule has 45 heavy (non-hydrogen) atoms. The van der Waals surface area contributed by atoms with Gasteiger partial charge in [0, 0.05) is 12.2 Å². The summed E-state index contributed by atoms with van der Waals surface area (Å²) >= 11 is 0. The minimum Gasteiger partial charge on any atom is -0.478 e. The highest BCUT2D eigenvalue weighted by Crippen LogP contribution is 2.42. The predicted molar refractivity (Wildman–Crippen MR) is 204 cm³/mol. The first kappa shape index (κ1) is 43.7. The second-order valence-electron chi connectivity index (χ2n) is 17.4. The second-order valence-corrected chi connectivity index (χ2v) is 31.7. The number of carboxylic acids is 1. The maximum Gasteiger partial charge on any atom is 0.328 e. The number of hydrogen-bond acceptors (Lipinski definition) is 4. The molecule has 0 saturated heterocycles. The van der Waals surface area contributed by atoms with E-state index in [1.165, 1.54) is 0 Å². The van der Waals surface area contributed by atoms with Crippen LogP contribution in [0.15, 0.2) is 59.3 Å². The van der Waals surface area contributed by atoms with E-state index in [0.29, 0.717) is 0 Å². The van der Waals surface area contributed by atoms with Gasteiger partial charge in [-0.15, -0.1) is 0 Å². The third-order valence-corrected chi connectivity index (χ3v) is 23.4. The fourth-order valence-corrected chi connectivity index (χ4v) is 7.97. The van der Waals surface area contributed by atoms with Gasteiger partial charge in [-0.1, -0.05) is 115 Å². The summed E-state index contributed by atoms with van der Waals surface area (Å²) in [6, 6.07) is 0. The van der Waals surface area contributed by atoms with Crippen molar-refractivity contribution < 1.29 is 23.2 Å². The molecule has 0 rings (SSSR count). The van der Waals surface area contributed by atoms with E-state index in [-0.39, 0.29) is 33.4 Å². The van der Waals surface area contributed by atoms with Gasteiger partial charge in [-0.2, -0.15) is 0 Å². The van der Waals surface area contributed by atoms with E-state index in [1.807, 2.05) is 32.1 Å². The average molecular weight is 679 g/mol. The van der Waals surface area contributed by atoms with Gasteiger partial charge in [0.05, 0.1) is 12.2 Å². The average Bonchev–Trinajstić information content (AvgIpc) is 2.79.